The molecule has 3 nitrogen and oxygen atoms in total. The molecule has 0 saturated carbocycles. The van der Waals surface area contributed by atoms with E-state index in [-0.39, 0.29) is 6.04 Å². The summed E-state index contributed by atoms with van der Waals surface area (Å²) in [5, 5.41) is 3.52. The quantitative estimate of drug-likeness (QED) is 0.854. The van der Waals surface area contributed by atoms with Crippen molar-refractivity contribution in [1.82, 2.24) is 10.2 Å². The van der Waals surface area contributed by atoms with Crippen molar-refractivity contribution >= 4 is 17.7 Å². The minimum absolute atomic E-state index is 0.00759. The number of nitrogens with one attached hydrogen (secondary N) is 1. The highest BCUT2D eigenvalue weighted by Gasteiger charge is 2.24. The third kappa shape index (κ3) is 4.16. The fraction of sp³-hybridized carbons (Fsp3) is 0.929. The summed E-state index contributed by atoms with van der Waals surface area (Å²) in [5.41, 5.74) is 0. The van der Waals surface area contributed by atoms with Crippen molar-refractivity contribution in [1.29, 1.82) is 0 Å². The minimum atomic E-state index is -0.00759. The lowest BCUT2D eigenvalue weighted by Crippen LogP contribution is -2.49. The first kappa shape index (κ1) is 14.2. The number of likely N-dealkylation sites (tertiary alicyclic amines) is 1. The van der Waals surface area contributed by atoms with Gasteiger partial charge < -0.3 is 10.2 Å². The second kappa shape index (κ2) is 7.39. The van der Waals surface area contributed by atoms with Gasteiger partial charge >= 0.3 is 0 Å². The second-order valence-corrected chi connectivity index (χ2v) is 6.69. The van der Waals surface area contributed by atoms with Gasteiger partial charge in [-0.25, -0.2) is 0 Å². The van der Waals surface area contributed by atoms with Crippen LogP contribution in [0.1, 0.15) is 45.4 Å². The SMILES string of the molecule is CC(NC1CCCSC1)C(=O)N1CCCCCC1. The first-order valence-corrected chi connectivity index (χ1v) is 8.55. The molecule has 4 heteroatoms. The predicted molar refractivity (Wildman–Crippen MR) is 78.0 cm³/mol. The van der Waals surface area contributed by atoms with Crippen LogP contribution in [0.2, 0.25) is 0 Å². The Morgan fingerprint density at radius 3 is 2.56 bits per heavy atom. The third-order valence-corrected chi connectivity index (χ3v) is 5.15. The van der Waals surface area contributed by atoms with E-state index in [0.717, 1.165) is 18.8 Å². The smallest absolute Gasteiger partial charge is 0.239 e. The van der Waals surface area contributed by atoms with E-state index in [9.17, 15) is 4.79 Å². The van der Waals surface area contributed by atoms with Gasteiger partial charge in [-0.1, -0.05) is 12.8 Å². The highest BCUT2D eigenvalue weighted by atomic mass is 32.2. The average molecular weight is 270 g/mol. The first-order chi connectivity index (χ1) is 8.77. The fourth-order valence-corrected chi connectivity index (χ4v) is 3.95. The van der Waals surface area contributed by atoms with E-state index < -0.39 is 0 Å². The summed E-state index contributed by atoms with van der Waals surface area (Å²) in [6, 6.07) is 0.529. The van der Waals surface area contributed by atoms with Crippen LogP contribution < -0.4 is 5.32 Å². The molecule has 2 heterocycles. The Labute approximate surface area is 115 Å². The molecule has 0 aromatic rings. The van der Waals surface area contributed by atoms with Gasteiger partial charge in [-0.3, -0.25) is 4.79 Å². The summed E-state index contributed by atoms with van der Waals surface area (Å²) < 4.78 is 0. The molecule has 1 amide bonds. The zero-order valence-corrected chi connectivity index (χ0v) is 12.3. The van der Waals surface area contributed by atoms with Crippen LogP contribution in [0.15, 0.2) is 0 Å². The van der Waals surface area contributed by atoms with Gasteiger partial charge in [-0.2, -0.15) is 11.8 Å². The molecule has 0 radical (unpaired) electrons. The maximum absolute atomic E-state index is 12.4. The second-order valence-electron chi connectivity index (χ2n) is 5.54. The van der Waals surface area contributed by atoms with Crippen molar-refractivity contribution in [2.75, 3.05) is 24.6 Å². The van der Waals surface area contributed by atoms with Gasteiger partial charge in [0, 0.05) is 24.9 Å². The van der Waals surface area contributed by atoms with Gasteiger partial charge in [-0.05, 0) is 38.4 Å². The highest BCUT2D eigenvalue weighted by molar-refractivity contribution is 7.99. The lowest BCUT2D eigenvalue weighted by molar-refractivity contribution is -0.133. The number of nitrogens with zero attached hydrogens (tertiary/aromatic N) is 1. The van der Waals surface area contributed by atoms with Crippen LogP contribution in [0.4, 0.5) is 0 Å². The summed E-state index contributed by atoms with van der Waals surface area (Å²) in [6.07, 6.45) is 7.43. The van der Waals surface area contributed by atoms with Crippen LogP contribution in [0, 0.1) is 0 Å². The van der Waals surface area contributed by atoms with Crippen molar-refractivity contribution in [2.24, 2.45) is 0 Å². The van der Waals surface area contributed by atoms with Crippen molar-refractivity contribution in [3.05, 3.63) is 0 Å². The molecule has 0 aromatic carbocycles. The molecule has 18 heavy (non-hydrogen) atoms. The van der Waals surface area contributed by atoms with E-state index >= 15 is 0 Å². The monoisotopic (exact) mass is 270 g/mol. The molecule has 2 unspecified atom stereocenters. The number of rotatable bonds is 3. The molecule has 2 fully saturated rings. The van der Waals surface area contributed by atoms with Gasteiger partial charge in [0.2, 0.25) is 5.91 Å². The van der Waals surface area contributed by atoms with Crippen molar-refractivity contribution in [3.8, 4) is 0 Å². The van der Waals surface area contributed by atoms with Crippen LogP contribution in [0.3, 0.4) is 0 Å². The predicted octanol–water partition coefficient (Wildman–Crippen LogP) is 2.26. The molecule has 104 valence electrons. The van der Waals surface area contributed by atoms with Gasteiger partial charge in [0.15, 0.2) is 0 Å². The minimum Gasteiger partial charge on any atom is -0.341 e. The van der Waals surface area contributed by atoms with E-state index in [2.05, 4.69) is 10.2 Å². The topological polar surface area (TPSA) is 32.3 Å². The molecular formula is C14H26N2OS. The van der Waals surface area contributed by atoms with Crippen LogP contribution in [-0.2, 0) is 4.79 Å². The molecule has 0 aliphatic carbocycles. The van der Waals surface area contributed by atoms with Crippen molar-refractivity contribution in [2.45, 2.75) is 57.5 Å². The normalized spacial score (nSPS) is 27.6. The Hall–Kier alpha value is -0.220. The number of hydrogen-bond acceptors (Lipinski definition) is 3. The van der Waals surface area contributed by atoms with E-state index in [1.807, 2.05) is 18.7 Å². The number of thioether (sulfide) groups is 1. The van der Waals surface area contributed by atoms with Crippen molar-refractivity contribution in [3.63, 3.8) is 0 Å². The van der Waals surface area contributed by atoms with E-state index in [0.29, 0.717) is 11.9 Å². The number of carbonyl (C=O) groups is 1. The van der Waals surface area contributed by atoms with E-state index in [1.54, 1.807) is 0 Å². The summed E-state index contributed by atoms with van der Waals surface area (Å²) in [5.74, 6) is 2.76. The summed E-state index contributed by atoms with van der Waals surface area (Å²) >= 11 is 2.01. The molecule has 0 aromatic heterocycles. The van der Waals surface area contributed by atoms with Gasteiger partial charge in [0.25, 0.3) is 0 Å². The third-order valence-electron chi connectivity index (χ3n) is 3.93. The number of carbonyl (C=O) groups excluding carboxylic acids is 1. The summed E-state index contributed by atoms with van der Waals surface area (Å²) in [6.45, 7) is 3.96. The Kier molecular flexibility index (Phi) is 5.83. The summed E-state index contributed by atoms with van der Waals surface area (Å²) in [4.78, 5) is 14.5. The maximum atomic E-state index is 12.4. The molecule has 2 saturated heterocycles. The Morgan fingerprint density at radius 2 is 1.94 bits per heavy atom. The standard InChI is InChI=1S/C14H26N2OS/c1-12(15-13-7-6-10-18-11-13)14(17)16-8-4-2-3-5-9-16/h12-13,15H,2-11H2,1H3. The zero-order chi connectivity index (χ0) is 12.8. The Balaban J connectivity index is 1.79. The largest absolute Gasteiger partial charge is 0.341 e. The van der Waals surface area contributed by atoms with Crippen LogP contribution in [-0.4, -0.2) is 47.5 Å². The molecule has 2 rings (SSSR count). The number of hydrogen-bond donors (Lipinski definition) is 1. The van der Waals surface area contributed by atoms with Crippen LogP contribution in [0.5, 0.6) is 0 Å². The lowest BCUT2D eigenvalue weighted by atomic mass is 10.1. The van der Waals surface area contributed by atoms with Crippen molar-refractivity contribution < 1.29 is 4.79 Å². The Bertz CT molecular complexity index is 259. The lowest BCUT2D eigenvalue weighted by Gasteiger charge is -2.29. The average Bonchev–Trinajstić information content (AvgIpc) is 2.68. The van der Waals surface area contributed by atoms with Crippen LogP contribution >= 0.6 is 11.8 Å². The molecule has 0 spiro atoms. The first-order valence-electron chi connectivity index (χ1n) is 7.40. The van der Waals surface area contributed by atoms with Gasteiger partial charge in [-0.15, -0.1) is 0 Å². The molecule has 2 atom stereocenters. The molecule has 0 bridgehead atoms. The van der Waals surface area contributed by atoms with E-state index in [4.69, 9.17) is 0 Å². The Morgan fingerprint density at radius 1 is 1.22 bits per heavy atom. The summed E-state index contributed by atoms with van der Waals surface area (Å²) in [7, 11) is 0. The molecule has 2 aliphatic rings. The highest BCUT2D eigenvalue weighted by Crippen LogP contribution is 2.18. The molecular weight excluding hydrogens is 244 g/mol. The van der Waals surface area contributed by atoms with E-state index in [1.165, 1.54) is 44.3 Å². The maximum Gasteiger partial charge on any atom is 0.239 e. The fourth-order valence-electron chi connectivity index (χ4n) is 2.86. The van der Waals surface area contributed by atoms with Gasteiger partial charge in [0.1, 0.15) is 0 Å². The number of amides is 1. The molecule has 2 aliphatic heterocycles. The zero-order valence-electron chi connectivity index (χ0n) is 11.5. The van der Waals surface area contributed by atoms with Crippen LogP contribution in [0.25, 0.3) is 0 Å². The molecule has 1 N–H and O–H groups in total. The van der Waals surface area contributed by atoms with Gasteiger partial charge in [0.05, 0.1) is 6.04 Å².